The Hall–Kier alpha value is -3.33. The zero-order valence-electron chi connectivity index (χ0n) is 14.7. The highest BCUT2D eigenvalue weighted by atomic mass is 14.9. The van der Waals surface area contributed by atoms with E-state index >= 15 is 0 Å². The van der Waals surface area contributed by atoms with Gasteiger partial charge in [0.05, 0.1) is 6.57 Å². The predicted molar refractivity (Wildman–Crippen MR) is 109 cm³/mol. The van der Waals surface area contributed by atoms with E-state index in [1.165, 1.54) is 16.3 Å². The van der Waals surface area contributed by atoms with Crippen LogP contribution in [0.2, 0.25) is 0 Å². The minimum absolute atomic E-state index is 0.264. The minimum atomic E-state index is 0.264. The fraction of sp³-hybridized carbons (Fsp3) is 0.125. The molecule has 0 heterocycles. The van der Waals surface area contributed by atoms with E-state index in [2.05, 4.69) is 71.4 Å². The molecule has 0 saturated carbocycles. The van der Waals surface area contributed by atoms with Gasteiger partial charge < -0.3 is 5.32 Å². The maximum atomic E-state index is 6.94. The average Bonchev–Trinajstić information content (AvgIpc) is 2.70. The van der Waals surface area contributed by atoms with Crippen molar-refractivity contribution in [3.8, 4) is 11.8 Å². The molecule has 126 valence electrons. The van der Waals surface area contributed by atoms with Crippen molar-refractivity contribution in [2.24, 2.45) is 0 Å². The molecule has 0 aliphatic heterocycles. The summed E-state index contributed by atoms with van der Waals surface area (Å²) in [5.41, 5.74) is 2.86. The van der Waals surface area contributed by atoms with Gasteiger partial charge in [0, 0.05) is 18.2 Å². The van der Waals surface area contributed by atoms with Gasteiger partial charge >= 0.3 is 0 Å². The largest absolute Gasteiger partial charge is 0.307 e. The van der Waals surface area contributed by atoms with Gasteiger partial charge in [-0.1, -0.05) is 84.6 Å². The maximum Gasteiger partial charge on any atom is 0.187 e. The van der Waals surface area contributed by atoms with E-state index in [1.54, 1.807) is 12.1 Å². The first kappa shape index (κ1) is 17.5. The molecule has 1 atom stereocenters. The van der Waals surface area contributed by atoms with Gasteiger partial charge in [0.1, 0.15) is 0 Å². The number of allylic oxidation sites excluding steroid dienone is 1. The second kappa shape index (κ2) is 8.67. The summed E-state index contributed by atoms with van der Waals surface area (Å²) in [5.74, 6) is 6.11. The van der Waals surface area contributed by atoms with E-state index in [-0.39, 0.29) is 6.04 Å². The molecule has 0 unspecified atom stereocenters. The van der Waals surface area contributed by atoms with Crippen molar-refractivity contribution < 1.29 is 0 Å². The molecule has 0 radical (unpaired) electrons. The molecule has 1 N–H and O–H groups in total. The third kappa shape index (κ3) is 4.39. The van der Waals surface area contributed by atoms with Gasteiger partial charge in [-0.3, -0.25) is 0 Å². The lowest BCUT2D eigenvalue weighted by Gasteiger charge is -2.15. The van der Waals surface area contributed by atoms with Crippen LogP contribution < -0.4 is 5.32 Å². The maximum absolute atomic E-state index is 6.94. The lowest BCUT2D eigenvalue weighted by atomic mass is 10.00. The Labute approximate surface area is 155 Å². The number of fused-ring (bicyclic) bond motifs is 1. The molecule has 3 rings (SSSR count). The summed E-state index contributed by atoms with van der Waals surface area (Å²) in [7, 11) is 0. The molecule has 2 heteroatoms. The normalized spacial score (nSPS) is 11.7. The first-order chi connectivity index (χ1) is 12.8. The predicted octanol–water partition coefficient (Wildman–Crippen LogP) is 5.65. The van der Waals surface area contributed by atoms with Crippen molar-refractivity contribution >= 4 is 16.5 Å². The number of benzene rings is 3. The number of nitrogens with zero attached hydrogens (tertiary/aromatic N) is 1. The van der Waals surface area contributed by atoms with Gasteiger partial charge in [-0.2, -0.15) is 0 Å². The Bertz CT molecular complexity index is 1010. The van der Waals surface area contributed by atoms with Crippen molar-refractivity contribution in [3.63, 3.8) is 0 Å². The summed E-state index contributed by atoms with van der Waals surface area (Å²) >= 11 is 0. The van der Waals surface area contributed by atoms with E-state index in [4.69, 9.17) is 6.57 Å². The molecule has 26 heavy (non-hydrogen) atoms. The van der Waals surface area contributed by atoms with Crippen molar-refractivity contribution in [2.45, 2.75) is 13.0 Å². The lowest BCUT2D eigenvalue weighted by molar-refractivity contribution is 0.621. The molecule has 3 aromatic carbocycles. The fourth-order valence-corrected chi connectivity index (χ4v) is 2.84. The molecule has 2 nitrogen and oxygen atoms in total. The summed E-state index contributed by atoms with van der Waals surface area (Å²) in [6.07, 6.45) is 3.90. The van der Waals surface area contributed by atoms with Crippen LogP contribution in [0.25, 0.3) is 15.6 Å². The van der Waals surface area contributed by atoms with E-state index in [1.807, 2.05) is 24.3 Å². The van der Waals surface area contributed by atoms with Gasteiger partial charge in [0.25, 0.3) is 0 Å². The number of rotatable bonds is 4. The summed E-state index contributed by atoms with van der Waals surface area (Å²) in [6.45, 7) is 9.88. The number of nitrogens with one attached hydrogen (secondary N) is 1. The minimum Gasteiger partial charge on any atom is -0.307 e. The molecule has 0 spiro atoms. The van der Waals surface area contributed by atoms with Crippen LogP contribution in [-0.2, 0) is 0 Å². The second-order valence-electron chi connectivity index (χ2n) is 6.03. The van der Waals surface area contributed by atoms with Crippen molar-refractivity contribution in [2.75, 3.05) is 6.54 Å². The number of hydrogen-bond acceptors (Lipinski definition) is 1. The zero-order valence-corrected chi connectivity index (χ0v) is 14.7. The van der Waals surface area contributed by atoms with E-state index < -0.39 is 0 Å². The van der Waals surface area contributed by atoms with E-state index in [0.717, 1.165) is 12.1 Å². The molecule has 0 fully saturated rings. The topological polar surface area (TPSA) is 16.4 Å². The smallest absolute Gasteiger partial charge is 0.187 e. The van der Waals surface area contributed by atoms with Crippen molar-refractivity contribution in [3.05, 3.63) is 101 Å². The Balaban J connectivity index is 1.56. The van der Waals surface area contributed by atoms with Crippen LogP contribution >= 0.6 is 0 Å². The van der Waals surface area contributed by atoms with Crippen molar-refractivity contribution in [1.82, 2.24) is 5.32 Å². The number of hydrogen-bond donors (Lipinski definition) is 1. The first-order valence-corrected chi connectivity index (χ1v) is 8.63. The SMILES string of the molecule is [C-]#[N+]c1ccc(C#CC=CCN[C@H](C)c2cccc3ccccc23)cc1. The summed E-state index contributed by atoms with van der Waals surface area (Å²) < 4.78 is 0. The molecule has 0 amide bonds. The highest BCUT2D eigenvalue weighted by molar-refractivity contribution is 5.86. The van der Waals surface area contributed by atoms with Gasteiger partial charge in [-0.25, -0.2) is 4.85 Å². The lowest BCUT2D eigenvalue weighted by Crippen LogP contribution is -2.18. The van der Waals surface area contributed by atoms with Crippen LogP contribution in [0.3, 0.4) is 0 Å². The summed E-state index contributed by atoms with van der Waals surface area (Å²) in [5, 5.41) is 6.08. The summed E-state index contributed by atoms with van der Waals surface area (Å²) in [4.78, 5) is 3.37. The molecule has 0 saturated heterocycles. The molecular weight excluding hydrogens is 316 g/mol. The fourth-order valence-electron chi connectivity index (χ4n) is 2.84. The van der Waals surface area contributed by atoms with Gasteiger partial charge in [0.15, 0.2) is 5.69 Å². The highest BCUT2D eigenvalue weighted by Crippen LogP contribution is 2.23. The Morgan fingerprint density at radius 2 is 1.81 bits per heavy atom. The zero-order chi connectivity index (χ0) is 18.2. The van der Waals surface area contributed by atoms with Crippen molar-refractivity contribution in [1.29, 1.82) is 0 Å². The van der Waals surface area contributed by atoms with Crippen LogP contribution in [0.15, 0.2) is 78.9 Å². The monoisotopic (exact) mass is 336 g/mol. The summed E-state index contributed by atoms with van der Waals surface area (Å²) in [6, 6.07) is 22.5. The third-order valence-electron chi connectivity index (χ3n) is 4.25. The standard InChI is InChI=1S/C24H20N2/c1-19(23-13-8-11-21-10-5-6-12-24(21)23)26-18-7-3-4-9-20-14-16-22(25-2)17-15-20/h3,5-8,10-17,19,26H,18H2,1H3/t19-/m1/s1. The second-order valence-corrected chi connectivity index (χ2v) is 6.03. The van der Waals surface area contributed by atoms with Crippen LogP contribution in [-0.4, -0.2) is 6.54 Å². The van der Waals surface area contributed by atoms with Crippen LogP contribution in [0.1, 0.15) is 24.1 Å². The van der Waals surface area contributed by atoms with Crippen LogP contribution in [0.5, 0.6) is 0 Å². The molecule has 0 bridgehead atoms. The average molecular weight is 336 g/mol. The van der Waals surface area contributed by atoms with Gasteiger partial charge in [0.2, 0.25) is 0 Å². The van der Waals surface area contributed by atoms with Gasteiger partial charge in [-0.05, 0) is 29.3 Å². The third-order valence-corrected chi connectivity index (χ3v) is 4.25. The van der Waals surface area contributed by atoms with Gasteiger partial charge in [-0.15, -0.1) is 0 Å². The quantitative estimate of drug-likeness (QED) is 0.481. The Morgan fingerprint density at radius 1 is 1.04 bits per heavy atom. The highest BCUT2D eigenvalue weighted by Gasteiger charge is 2.07. The van der Waals surface area contributed by atoms with E-state index in [0.29, 0.717) is 5.69 Å². The van der Waals surface area contributed by atoms with Crippen LogP contribution in [0, 0.1) is 18.4 Å². The molecule has 3 aromatic rings. The first-order valence-electron chi connectivity index (χ1n) is 8.63. The van der Waals surface area contributed by atoms with E-state index in [9.17, 15) is 0 Å². The van der Waals surface area contributed by atoms with Crippen LogP contribution in [0.4, 0.5) is 5.69 Å². The Kier molecular flexibility index (Phi) is 5.84. The Morgan fingerprint density at radius 3 is 2.62 bits per heavy atom. The molecule has 0 aliphatic rings. The molecular formula is C24H20N2. The molecule has 0 aromatic heterocycles. The molecule has 0 aliphatic carbocycles.